The molecule has 0 spiro atoms. The number of hydrogen-bond acceptors (Lipinski definition) is 6. The molecule has 0 aliphatic carbocycles. The van der Waals surface area contributed by atoms with Crippen LogP contribution in [0.2, 0.25) is 0 Å². The maximum atomic E-state index is 13.5. The van der Waals surface area contributed by atoms with Gasteiger partial charge in [-0.2, -0.15) is 0 Å². The van der Waals surface area contributed by atoms with Crippen LogP contribution in [0.25, 0.3) is 0 Å². The molecule has 1 aromatic carbocycles. The van der Waals surface area contributed by atoms with Crippen molar-refractivity contribution < 1.29 is 28.7 Å². The normalized spacial score (nSPS) is 25.0. The molecule has 1 aliphatic heterocycles. The van der Waals surface area contributed by atoms with Crippen molar-refractivity contribution in [1.29, 1.82) is 0 Å². The number of benzene rings is 1. The van der Waals surface area contributed by atoms with E-state index in [4.69, 9.17) is 4.74 Å². The third-order valence-electron chi connectivity index (χ3n) is 6.64. The van der Waals surface area contributed by atoms with Gasteiger partial charge in [0, 0.05) is 18.9 Å². The van der Waals surface area contributed by atoms with E-state index in [1.165, 1.54) is 6.92 Å². The number of ether oxygens (including phenoxy) is 1. The minimum absolute atomic E-state index is 0.228. The lowest BCUT2D eigenvalue weighted by Crippen LogP contribution is -2.56. The molecule has 4 amide bonds. The summed E-state index contributed by atoms with van der Waals surface area (Å²) in [5.74, 6) is -3.02. The highest BCUT2D eigenvalue weighted by molar-refractivity contribution is 5.95. The van der Waals surface area contributed by atoms with Gasteiger partial charge in [-0.3, -0.25) is 24.0 Å². The summed E-state index contributed by atoms with van der Waals surface area (Å²) in [5.41, 5.74) is 0.847. The molecule has 214 valence electrons. The zero-order valence-electron chi connectivity index (χ0n) is 23.5. The number of rotatable bonds is 9. The van der Waals surface area contributed by atoms with Crippen LogP contribution in [0.15, 0.2) is 42.5 Å². The Kier molecular flexibility index (Phi) is 12.7. The minimum atomic E-state index is -0.925. The first kappa shape index (κ1) is 31.5. The van der Waals surface area contributed by atoms with Crippen LogP contribution >= 0.6 is 0 Å². The Bertz CT molecular complexity index is 1030. The Hall–Kier alpha value is -3.69. The van der Waals surface area contributed by atoms with Crippen molar-refractivity contribution in [3.8, 4) is 0 Å². The van der Waals surface area contributed by atoms with Crippen molar-refractivity contribution in [3.63, 3.8) is 0 Å². The fourth-order valence-corrected chi connectivity index (χ4v) is 4.19. The van der Waals surface area contributed by atoms with Crippen molar-refractivity contribution >= 4 is 29.6 Å². The molecule has 0 bridgehead atoms. The largest absolute Gasteiger partial charge is 0.466 e. The lowest BCUT2D eigenvalue weighted by atomic mass is 9.94. The van der Waals surface area contributed by atoms with Crippen molar-refractivity contribution in [3.05, 3.63) is 48.0 Å². The van der Waals surface area contributed by atoms with Gasteiger partial charge >= 0.3 is 5.97 Å². The number of amides is 4. The van der Waals surface area contributed by atoms with Gasteiger partial charge in [-0.15, -0.1) is 0 Å². The van der Waals surface area contributed by atoms with E-state index < -0.39 is 47.8 Å². The van der Waals surface area contributed by atoms with E-state index in [0.29, 0.717) is 19.4 Å². The standard InChI is InChI=1S/C29H42N4O6/c1-6-39-24(34)16-12-8-11-15-22-19(4)26(35)33-25(18(2)3)29(38)30-20(5)27(36)32-23(28(37)31-22)17-21-13-9-7-10-14-21/h7-11,13-14,18-20,22-23,25H,6,12,15-17H2,1-5H3,(H,30,38)(H,31,37)(H,32,36)(H,33,35)/b11-8-/t19-,20+,22-,23+,25+/m0/s1. The zero-order valence-corrected chi connectivity index (χ0v) is 23.5. The van der Waals surface area contributed by atoms with Crippen molar-refractivity contribution in [2.75, 3.05) is 6.61 Å². The smallest absolute Gasteiger partial charge is 0.306 e. The number of carbonyl (C=O) groups excluding carboxylic acids is 5. The molecule has 0 unspecified atom stereocenters. The quantitative estimate of drug-likeness (QED) is 0.277. The maximum absolute atomic E-state index is 13.5. The minimum Gasteiger partial charge on any atom is -0.466 e. The summed E-state index contributed by atoms with van der Waals surface area (Å²) in [6, 6.07) is 5.95. The van der Waals surface area contributed by atoms with E-state index in [1.807, 2.05) is 42.5 Å². The second kappa shape index (κ2) is 15.7. The molecule has 1 fully saturated rings. The Morgan fingerprint density at radius 2 is 1.59 bits per heavy atom. The molecular formula is C29H42N4O6. The van der Waals surface area contributed by atoms with Gasteiger partial charge in [0.05, 0.1) is 12.5 Å². The van der Waals surface area contributed by atoms with E-state index in [1.54, 1.807) is 27.7 Å². The van der Waals surface area contributed by atoms with Crippen LogP contribution in [-0.4, -0.2) is 60.4 Å². The van der Waals surface area contributed by atoms with Crippen molar-refractivity contribution in [2.45, 2.75) is 84.5 Å². The molecule has 1 heterocycles. The van der Waals surface area contributed by atoms with Gasteiger partial charge in [0.15, 0.2) is 0 Å². The lowest BCUT2D eigenvalue weighted by Gasteiger charge is -2.28. The topological polar surface area (TPSA) is 143 Å². The SMILES string of the molecule is CCOC(=O)CC/C=C\C[C@@H]1NC(=O)[C@@H](Cc2ccccc2)NC(=O)[C@@H](C)NC(=O)[C@@H](C(C)C)NC(=O)[C@H]1C. The Balaban J connectivity index is 2.33. The van der Waals surface area contributed by atoms with Crippen LogP contribution in [-0.2, 0) is 35.1 Å². The highest BCUT2D eigenvalue weighted by atomic mass is 16.5. The summed E-state index contributed by atoms with van der Waals surface area (Å²) in [5, 5.41) is 11.2. The summed E-state index contributed by atoms with van der Waals surface area (Å²) in [6.07, 6.45) is 4.85. The first-order valence-electron chi connectivity index (χ1n) is 13.6. The molecule has 0 aromatic heterocycles. The Morgan fingerprint density at radius 3 is 2.23 bits per heavy atom. The van der Waals surface area contributed by atoms with Crippen LogP contribution in [0.5, 0.6) is 0 Å². The second-order valence-electron chi connectivity index (χ2n) is 10.2. The molecule has 2 rings (SSSR count). The van der Waals surface area contributed by atoms with Gasteiger partial charge in [0.1, 0.15) is 18.1 Å². The highest BCUT2D eigenvalue weighted by Crippen LogP contribution is 2.14. The third-order valence-corrected chi connectivity index (χ3v) is 6.64. The monoisotopic (exact) mass is 542 g/mol. The average molecular weight is 543 g/mol. The average Bonchev–Trinajstić information content (AvgIpc) is 2.89. The summed E-state index contributed by atoms with van der Waals surface area (Å²) < 4.78 is 4.94. The lowest BCUT2D eigenvalue weighted by molar-refractivity contribution is -0.143. The molecule has 1 aromatic rings. The van der Waals surface area contributed by atoms with Crippen LogP contribution in [0.3, 0.4) is 0 Å². The number of nitrogens with one attached hydrogen (secondary N) is 4. The molecule has 0 radical (unpaired) electrons. The summed E-state index contributed by atoms with van der Waals surface area (Å²) in [6.45, 7) is 8.90. The molecule has 10 heteroatoms. The highest BCUT2D eigenvalue weighted by Gasteiger charge is 2.34. The number of carbonyl (C=O) groups is 5. The molecule has 10 nitrogen and oxygen atoms in total. The number of hydrogen-bond donors (Lipinski definition) is 4. The predicted molar refractivity (Wildman–Crippen MR) is 147 cm³/mol. The number of esters is 1. The fourth-order valence-electron chi connectivity index (χ4n) is 4.19. The molecule has 1 saturated heterocycles. The first-order chi connectivity index (χ1) is 18.5. The summed E-state index contributed by atoms with van der Waals surface area (Å²) in [4.78, 5) is 64.3. The first-order valence-corrected chi connectivity index (χ1v) is 13.6. The summed E-state index contributed by atoms with van der Waals surface area (Å²) in [7, 11) is 0. The molecule has 0 saturated carbocycles. The van der Waals surface area contributed by atoms with Gasteiger partial charge < -0.3 is 26.0 Å². The molecule has 39 heavy (non-hydrogen) atoms. The second-order valence-corrected chi connectivity index (χ2v) is 10.2. The Labute approximate surface area is 230 Å². The van der Waals surface area contributed by atoms with Gasteiger partial charge in [0.25, 0.3) is 0 Å². The maximum Gasteiger partial charge on any atom is 0.306 e. The van der Waals surface area contributed by atoms with Gasteiger partial charge in [0.2, 0.25) is 23.6 Å². The van der Waals surface area contributed by atoms with E-state index in [2.05, 4.69) is 21.3 Å². The van der Waals surface area contributed by atoms with Crippen LogP contribution in [0.1, 0.15) is 59.4 Å². The summed E-state index contributed by atoms with van der Waals surface area (Å²) >= 11 is 0. The molecular weight excluding hydrogens is 500 g/mol. The van der Waals surface area contributed by atoms with Crippen LogP contribution < -0.4 is 21.3 Å². The molecule has 1 aliphatic rings. The predicted octanol–water partition coefficient (Wildman–Crippen LogP) is 1.78. The van der Waals surface area contributed by atoms with Crippen molar-refractivity contribution in [1.82, 2.24) is 21.3 Å². The van der Waals surface area contributed by atoms with Crippen LogP contribution in [0.4, 0.5) is 0 Å². The van der Waals surface area contributed by atoms with Crippen LogP contribution in [0, 0.1) is 11.8 Å². The van der Waals surface area contributed by atoms with Gasteiger partial charge in [-0.05, 0) is 38.2 Å². The number of allylic oxidation sites excluding steroid dienone is 1. The fraction of sp³-hybridized carbons (Fsp3) is 0.552. The Morgan fingerprint density at radius 1 is 0.897 bits per heavy atom. The third kappa shape index (κ3) is 10.2. The van der Waals surface area contributed by atoms with Crippen molar-refractivity contribution in [2.24, 2.45) is 11.8 Å². The van der Waals surface area contributed by atoms with E-state index >= 15 is 0 Å². The van der Waals surface area contributed by atoms with E-state index in [0.717, 1.165) is 5.56 Å². The van der Waals surface area contributed by atoms with Gasteiger partial charge in [-0.25, -0.2) is 0 Å². The zero-order chi connectivity index (χ0) is 28.9. The van der Waals surface area contributed by atoms with E-state index in [-0.39, 0.29) is 30.6 Å². The van der Waals surface area contributed by atoms with Gasteiger partial charge in [-0.1, -0.05) is 63.3 Å². The molecule has 5 atom stereocenters. The van der Waals surface area contributed by atoms with E-state index in [9.17, 15) is 24.0 Å². The molecule has 4 N–H and O–H groups in total.